The van der Waals surface area contributed by atoms with E-state index in [-0.39, 0.29) is 17.0 Å². The molecule has 0 fully saturated rings. The van der Waals surface area contributed by atoms with Crippen LogP contribution in [0.15, 0.2) is 16.7 Å². The first-order valence-electron chi connectivity index (χ1n) is 3.82. The molecule has 0 unspecified atom stereocenters. The predicted octanol–water partition coefficient (Wildman–Crippen LogP) is -1.20. The number of rotatable bonds is 2. The van der Waals surface area contributed by atoms with Crippen molar-refractivity contribution in [2.45, 2.75) is 13.5 Å². The Morgan fingerprint density at radius 3 is 2.25 bits per heavy atom. The van der Waals surface area contributed by atoms with Crippen molar-refractivity contribution in [3.05, 3.63) is 23.7 Å². The number of nitrogens with zero attached hydrogens (tertiary/aromatic N) is 1. The summed E-state index contributed by atoms with van der Waals surface area (Å²) < 4.78 is 6.14. The fraction of sp³-hybridized carbons (Fsp3) is 0.556. The molecule has 0 aromatic carbocycles. The van der Waals surface area contributed by atoms with Crippen molar-refractivity contribution in [2.24, 2.45) is 0 Å². The molecule has 0 saturated carbocycles. The first-order valence-corrected chi connectivity index (χ1v) is 3.82. The van der Waals surface area contributed by atoms with Crippen LogP contribution in [0.5, 0.6) is 0 Å². The Morgan fingerprint density at radius 1 is 1.33 bits per heavy atom. The molecule has 1 rings (SSSR count). The number of furan rings is 1. The Hall–Kier alpha value is -0.280. The molecule has 0 amide bonds. The quantitative estimate of drug-likeness (QED) is 0.586. The number of halogens is 1. The van der Waals surface area contributed by atoms with Crippen molar-refractivity contribution in [1.29, 1.82) is 0 Å². The molecule has 0 aliphatic heterocycles. The maximum absolute atomic E-state index is 5.20. The van der Waals surface area contributed by atoms with Crippen molar-refractivity contribution in [1.82, 2.24) is 0 Å². The van der Waals surface area contributed by atoms with E-state index < -0.39 is 0 Å². The molecule has 0 bridgehead atoms. The summed E-state index contributed by atoms with van der Waals surface area (Å²) in [6, 6.07) is 2.09. The van der Waals surface area contributed by atoms with E-state index >= 15 is 0 Å². The van der Waals surface area contributed by atoms with Crippen molar-refractivity contribution < 1.29 is 25.9 Å². The fourth-order valence-electron chi connectivity index (χ4n) is 1.13. The normalized spacial score (nSPS) is 11.0. The Balaban J connectivity index is 0.00000121. The minimum Gasteiger partial charge on any atom is -1.00 e. The number of quaternary nitrogens is 1. The van der Waals surface area contributed by atoms with Crippen molar-refractivity contribution in [2.75, 3.05) is 21.1 Å². The minimum atomic E-state index is 0. The second-order valence-electron chi connectivity index (χ2n) is 4.01. The zero-order chi connectivity index (χ0) is 8.48. The highest BCUT2D eigenvalue weighted by molar-refractivity contribution is 5.10. The summed E-state index contributed by atoms with van der Waals surface area (Å²) >= 11 is 0. The van der Waals surface area contributed by atoms with Crippen molar-refractivity contribution in [3.63, 3.8) is 0 Å². The van der Waals surface area contributed by atoms with Gasteiger partial charge in [0.05, 0.1) is 27.4 Å². The van der Waals surface area contributed by atoms with Gasteiger partial charge in [0, 0.05) is 5.56 Å². The highest BCUT2D eigenvalue weighted by Gasteiger charge is 2.09. The molecule has 12 heavy (non-hydrogen) atoms. The Bertz CT molecular complexity index is 237. The third-order valence-electron chi connectivity index (χ3n) is 1.44. The van der Waals surface area contributed by atoms with Gasteiger partial charge in [0.25, 0.3) is 0 Å². The Morgan fingerprint density at radius 2 is 1.92 bits per heavy atom. The van der Waals surface area contributed by atoms with E-state index in [1.807, 2.05) is 13.2 Å². The molecule has 0 N–H and O–H groups in total. The lowest BCUT2D eigenvalue weighted by Gasteiger charge is -2.22. The fourth-order valence-corrected chi connectivity index (χ4v) is 1.13. The van der Waals surface area contributed by atoms with Gasteiger partial charge in [0.15, 0.2) is 0 Å². The van der Waals surface area contributed by atoms with Crippen LogP contribution in [0.2, 0.25) is 0 Å². The summed E-state index contributed by atoms with van der Waals surface area (Å²) in [5.74, 6) is 0.994. The monoisotopic (exact) mass is 233 g/mol. The molecular weight excluding hydrogens is 218 g/mol. The highest BCUT2D eigenvalue weighted by atomic mass is 79.9. The van der Waals surface area contributed by atoms with Gasteiger partial charge < -0.3 is 25.9 Å². The summed E-state index contributed by atoms with van der Waals surface area (Å²) in [5, 5.41) is 0. The van der Waals surface area contributed by atoms with Crippen LogP contribution in [0.25, 0.3) is 0 Å². The third-order valence-corrected chi connectivity index (χ3v) is 1.44. The van der Waals surface area contributed by atoms with Crippen LogP contribution in [-0.4, -0.2) is 25.6 Å². The first kappa shape index (κ1) is 11.7. The van der Waals surface area contributed by atoms with Gasteiger partial charge in [-0.1, -0.05) is 0 Å². The molecule has 0 radical (unpaired) electrons. The standard InChI is InChI=1S/C9H16NO.BrH/c1-8-5-9(7-11-8)6-10(2,3)4;/h5,7H,6H2,1-4H3;1H/q+1;/p-1. The number of hydrogen-bond donors (Lipinski definition) is 0. The topological polar surface area (TPSA) is 13.1 Å². The third kappa shape index (κ3) is 3.93. The second-order valence-corrected chi connectivity index (χ2v) is 4.01. The molecule has 2 nitrogen and oxygen atoms in total. The average Bonchev–Trinajstić information content (AvgIpc) is 2.10. The molecule has 0 saturated heterocycles. The lowest BCUT2D eigenvalue weighted by atomic mass is 10.3. The number of aryl methyl sites for hydroxylation is 1. The van der Waals surface area contributed by atoms with Gasteiger partial charge in [-0.3, -0.25) is 0 Å². The number of hydrogen-bond acceptors (Lipinski definition) is 1. The predicted molar refractivity (Wildman–Crippen MR) is 45.2 cm³/mol. The lowest BCUT2D eigenvalue weighted by Crippen LogP contribution is -3.00. The summed E-state index contributed by atoms with van der Waals surface area (Å²) in [4.78, 5) is 0. The molecular formula is C9H16BrNO. The maximum Gasteiger partial charge on any atom is 0.107 e. The lowest BCUT2D eigenvalue weighted by molar-refractivity contribution is -0.884. The zero-order valence-electron chi connectivity index (χ0n) is 8.10. The summed E-state index contributed by atoms with van der Waals surface area (Å²) in [6.07, 6.45) is 1.83. The largest absolute Gasteiger partial charge is 1.00 e. The summed E-state index contributed by atoms with van der Waals surface area (Å²) in [7, 11) is 6.51. The molecule has 0 aliphatic rings. The molecule has 1 aromatic rings. The molecule has 1 aromatic heterocycles. The van der Waals surface area contributed by atoms with Crippen LogP contribution in [0, 0.1) is 6.92 Å². The first-order chi connectivity index (χ1) is 4.97. The zero-order valence-corrected chi connectivity index (χ0v) is 9.68. The summed E-state index contributed by atoms with van der Waals surface area (Å²) in [6.45, 7) is 3.00. The van der Waals surface area contributed by atoms with Crippen LogP contribution in [-0.2, 0) is 6.54 Å². The van der Waals surface area contributed by atoms with Crippen molar-refractivity contribution in [3.8, 4) is 0 Å². The average molecular weight is 234 g/mol. The van der Waals surface area contributed by atoms with Gasteiger partial charge in [0.2, 0.25) is 0 Å². The van der Waals surface area contributed by atoms with Crippen molar-refractivity contribution >= 4 is 0 Å². The van der Waals surface area contributed by atoms with E-state index in [9.17, 15) is 0 Å². The van der Waals surface area contributed by atoms with Gasteiger partial charge in [0.1, 0.15) is 12.3 Å². The van der Waals surface area contributed by atoms with Crippen LogP contribution < -0.4 is 17.0 Å². The minimum absolute atomic E-state index is 0. The van der Waals surface area contributed by atoms with E-state index in [0.29, 0.717) is 0 Å². The highest BCUT2D eigenvalue weighted by Crippen LogP contribution is 2.10. The molecule has 0 atom stereocenters. The van der Waals surface area contributed by atoms with Gasteiger partial charge in [-0.05, 0) is 13.0 Å². The Labute approximate surface area is 84.5 Å². The molecule has 0 aliphatic carbocycles. The molecule has 70 valence electrons. The summed E-state index contributed by atoms with van der Waals surface area (Å²) in [5.41, 5.74) is 1.27. The van der Waals surface area contributed by atoms with Gasteiger partial charge >= 0.3 is 0 Å². The van der Waals surface area contributed by atoms with E-state index in [2.05, 4.69) is 27.2 Å². The van der Waals surface area contributed by atoms with E-state index in [1.54, 1.807) is 0 Å². The van der Waals surface area contributed by atoms with Gasteiger partial charge in [-0.2, -0.15) is 0 Å². The second kappa shape index (κ2) is 4.10. The smallest absolute Gasteiger partial charge is 0.107 e. The molecule has 3 heteroatoms. The van der Waals surface area contributed by atoms with Gasteiger partial charge in [-0.25, -0.2) is 0 Å². The van der Waals surface area contributed by atoms with E-state index in [4.69, 9.17) is 4.42 Å². The van der Waals surface area contributed by atoms with E-state index in [0.717, 1.165) is 16.8 Å². The Kier molecular flexibility index (Phi) is 4.00. The van der Waals surface area contributed by atoms with Crippen LogP contribution >= 0.6 is 0 Å². The molecule has 0 spiro atoms. The van der Waals surface area contributed by atoms with Crippen LogP contribution in [0.1, 0.15) is 11.3 Å². The maximum atomic E-state index is 5.20. The van der Waals surface area contributed by atoms with E-state index in [1.165, 1.54) is 5.56 Å². The van der Waals surface area contributed by atoms with Gasteiger partial charge in [-0.15, -0.1) is 0 Å². The van der Waals surface area contributed by atoms with Crippen LogP contribution in [0.4, 0.5) is 0 Å². The van der Waals surface area contributed by atoms with Crippen LogP contribution in [0.3, 0.4) is 0 Å². The SMILES string of the molecule is Cc1cc(C[N+](C)(C)C)co1.[Br-]. The molecule has 1 heterocycles.